The average Bonchev–Trinajstić information content (AvgIpc) is 2.40. The Labute approximate surface area is 133 Å². The van der Waals surface area contributed by atoms with E-state index in [2.05, 4.69) is 10.6 Å². The summed E-state index contributed by atoms with van der Waals surface area (Å²) in [6.07, 6.45) is -0.571. The lowest BCUT2D eigenvalue weighted by molar-refractivity contribution is 0.189. The standard InChI is InChI=1S/C17H30N2O3/c1-12(20)7-17-15(10-18-8-13(2)21)5-4-6-16(17)11-19-9-14(3)22/h4-6,12-14,18-22H,7-11H2,1-3H3. The third-order valence-corrected chi connectivity index (χ3v) is 3.38. The molecule has 1 aromatic carbocycles. The Kier molecular flexibility index (Phi) is 8.60. The molecule has 126 valence electrons. The Morgan fingerprint density at radius 3 is 1.64 bits per heavy atom. The van der Waals surface area contributed by atoms with Crippen molar-refractivity contribution in [1.82, 2.24) is 10.6 Å². The van der Waals surface area contributed by atoms with Crippen LogP contribution in [0.25, 0.3) is 0 Å². The zero-order valence-electron chi connectivity index (χ0n) is 13.8. The molecule has 1 aromatic rings. The molecule has 0 aliphatic carbocycles. The second-order valence-corrected chi connectivity index (χ2v) is 6.07. The number of hydrogen-bond acceptors (Lipinski definition) is 5. The van der Waals surface area contributed by atoms with Crippen LogP contribution in [0.3, 0.4) is 0 Å². The quantitative estimate of drug-likeness (QED) is 0.436. The summed E-state index contributed by atoms with van der Waals surface area (Å²) in [5.74, 6) is 0. The maximum absolute atomic E-state index is 9.76. The van der Waals surface area contributed by atoms with Crippen LogP contribution in [-0.2, 0) is 19.5 Å². The van der Waals surface area contributed by atoms with Crippen molar-refractivity contribution in [2.24, 2.45) is 0 Å². The van der Waals surface area contributed by atoms with Gasteiger partial charge in [0.15, 0.2) is 0 Å². The number of aliphatic hydroxyl groups is 3. The lowest BCUT2D eigenvalue weighted by atomic mass is 9.96. The lowest BCUT2D eigenvalue weighted by Crippen LogP contribution is -2.26. The average molecular weight is 310 g/mol. The highest BCUT2D eigenvalue weighted by Gasteiger charge is 2.11. The molecule has 0 saturated heterocycles. The van der Waals surface area contributed by atoms with Gasteiger partial charge in [0.1, 0.15) is 0 Å². The van der Waals surface area contributed by atoms with Crippen LogP contribution in [0.2, 0.25) is 0 Å². The highest BCUT2D eigenvalue weighted by Crippen LogP contribution is 2.17. The summed E-state index contributed by atoms with van der Waals surface area (Å²) in [7, 11) is 0. The molecule has 0 fully saturated rings. The summed E-state index contributed by atoms with van der Waals surface area (Å²) in [4.78, 5) is 0. The molecular weight excluding hydrogens is 280 g/mol. The van der Waals surface area contributed by atoms with Crippen molar-refractivity contribution in [2.45, 2.75) is 58.6 Å². The van der Waals surface area contributed by atoms with Crippen molar-refractivity contribution in [3.63, 3.8) is 0 Å². The fourth-order valence-electron chi connectivity index (χ4n) is 2.41. The van der Waals surface area contributed by atoms with Crippen LogP contribution in [0.1, 0.15) is 37.5 Å². The SMILES string of the molecule is CC(O)CNCc1cccc(CNCC(C)O)c1CC(C)O. The molecule has 0 heterocycles. The van der Waals surface area contributed by atoms with Crippen LogP contribution in [0.4, 0.5) is 0 Å². The van der Waals surface area contributed by atoms with Gasteiger partial charge in [0.05, 0.1) is 18.3 Å². The van der Waals surface area contributed by atoms with Crippen LogP contribution in [0.15, 0.2) is 18.2 Å². The second kappa shape index (κ2) is 9.92. The Morgan fingerprint density at radius 1 is 0.818 bits per heavy atom. The van der Waals surface area contributed by atoms with Crippen molar-refractivity contribution in [3.8, 4) is 0 Å². The highest BCUT2D eigenvalue weighted by molar-refractivity contribution is 5.36. The predicted molar refractivity (Wildman–Crippen MR) is 88.6 cm³/mol. The minimum Gasteiger partial charge on any atom is -0.393 e. The third-order valence-electron chi connectivity index (χ3n) is 3.38. The minimum absolute atomic E-state index is 0.379. The number of benzene rings is 1. The first kappa shape index (κ1) is 19.1. The number of nitrogens with one attached hydrogen (secondary N) is 2. The van der Waals surface area contributed by atoms with Crippen molar-refractivity contribution in [2.75, 3.05) is 13.1 Å². The fraction of sp³-hybridized carbons (Fsp3) is 0.647. The van der Waals surface area contributed by atoms with Crippen molar-refractivity contribution in [3.05, 3.63) is 34.9 Å². The Balaban J connectivity index is 2.80. The van der Waals surface area contributed by atoms with Gasteiger partial charge in [-0.25, -0.2) is 0 Å². The third kappa shape index (κ3) is 7.33. The van der Waals surface area contributed by atoms with E-state index < -0.39 is 6.10 Å². The van der Waals surface area contributed by atoms with Crippen LogP contribution >= 0.6 is 0 Å². The minimum atomic E-state index is -0.409. The molecule has 5 nitrogen and oxygen atoms in total. The summed E-state index contributed by atoms with van der Waals surface area (Å²) >= 11 is 0. The molecule has 0 radical (unpaired) electrons. The Bertz CT molecular complexity index is 402. The monoisotopic (exact) mass is 310 g/mol. The summed E-state index contributed by atoms with van der Waals surface area (Å²) < 4.78 is 0. The maximum Gasteiger partial charge on any atom is 0.0636 e. The first-order chi connectivity index (χ1) is 10.4. The number of aliphatic hydroxyl groups excluding tert-OH is 3. The molecule has 1 rings (SSSR count). The van der Waals surface area contributed by atoms with Crippen LogP contribution < -0.4 is 10.6 Å². The number of hydrogen-bond donors (Lipinski definition) is 5. The molecule has 3 atom stereocenters. The summed E-state index contributed by atoms with van der Waals surface area (Å²) in [6, 6.07) is 6.10. The van der Waals surface area contributed by atoms with Gasteiger partial charge in [-0.05, 0) is 43.9 Å². The van der Waals surface area contributed by atoms with Gasteiger partial charge in [-0.2, -0.15) is 0 Å². The molecule has 0 spiro atoms. The van der Waals surface area contributed by atoms with Crippen molar-refractivity contribution < 1.29 is 15.3 Å². The summed E-state index contributed by atoms with van der Waals surface area (Å²) in [5.41, 5.74) is 3.41. The van der Waals surface area contributed by atoms with Gasteiger partial charge < -0.3 is 26.0 Å². The Hall–Kier alpha value is -0.980. The first-order valence-electron chi connectivity index (χ1n) is 7.95. The van der Waals surface area contributed by atoms with E-state index in [1.165, 1.54) is 0 Å². The molecule has 0 aliphatic heterocycles. The van der Waals surface area contributed by atoms with Gasteiger partial charge in [0.2, 0.25) is 0 Å². The van der Waals surface area contributed by atoms with Crippen LogP contribution in [0, 0.1) is 0 Å². The summed E-state index contributed by atoms with van der Waals surface area (Å²) in [6.45, 7) is 7.69. The van der Waals surface area contributed by atoms with E-state index in [-0.39, 0.29) is 12.2 Å². The second-order valence-electron chi connectivity index (χ2n) is 6.07. The van der Waals surface area contributed by atoms with Gasteiger partial charge in [0, 0.05) is 26.2 Å². The zero-order valence-corrected chi connectivity index (χ0v) is 13.8. The number of rotatable bonds is 10. The molecule has 3 unspecified atom stereocenters. The maximum atomic E-state index is 9.76. The van der Waals surface area contributed by atoms with Gasteiger partial charge in [-0.3, -0.25) is 0 Å². The van der Waals surface area contributed by atoms with Crippen molar-refractivity contribution >= 4 is 0 Å². The van der Waals surface area contributed by atoms with E-state index in [0.717, 1.165) is 16.7 Å². The normalized spacial score (nSPS) is 15.5. The van der Waals surface area contributed by atoms with Crippen LogP contribution in [0.5, 0.6) is 0 Å². The Morgan fingerprint density at radius 2 is 1.27 bits per heavy atom. The van der Waals surface area contributed by atoms with Gasteiger partial charge in [-0.15, -0.1) is 0 Å². The molecule has 0 bridgehead atoms. The van der Waals surface area contributed by atoms with Gasteiger partial charge in [0.25, 0.3) is 0 Å². The molecular formula is C17H30N2O3. The highest BCUT2D eigenvalue weighted by atomic mass is 16.3. The van der Waals surface area contributed by atoms with E-state index in [0.29, 0.717) is 32.6 Å². The zero-order chi connectivity index (χ0) is 16.5. The van der Waals surface area contributed by atoms with E-state index in [4.69, 9.17) is 0 Å². The smallest absolute Gasteiger partial charge is 0.0636 e. The summed E-state index contributed by atoms with van der Waals surface area (Å²) in [5, 5.41) is 34.9. The molecule has 5 N–H and O–H groups in total. The molecule has 0 aromatic heterocycles. The van der Waals surface area contributed by atoms with E-state index >= 15 is 0 Å². The van der Waals surface area contributed by atoms with E-state index in [1.807, 2.05) is 18.2 Å². The molecule has 0 aliphatic rings. The molecule has 0 amide bonds. The van der Waals surface area contributed by atoms with E-state index in [1.54, 1.807) is 20.8 Å². The fourth-order valence-corrected chi connectivity index (χ4v) is 2.41. The van der Waals surface area contributed by atoms with Crippen molar-refractivity contribution in [1.29, 1.82) is 0 Å². The topological polar surface area (TPSA) is 84.8 Å². The van der Waals surface area contributed by atoms with Crippen LogP contribution in [-0.4, -0.2) is 46.7 Å². The van der Waals surface area contributed by atoms with Gasteiger partial charge in [-0.1, -0.05) is 18.2 Å². The van der Waals surface area contributed by atoms with Gasteiger partial charge >= 0.3 is 0 Å². The van der Waals surface area contributed by atoms with E-state index in [9.17, 15) is 15.3 Å². The predicted octanol–water partition coefficient (Wildman–Crippen LogP) is 0.551. The first-order valence-corrected chi connectivity index (χ1v) is 7.95. The largest absolute Gasteiger partial charge is 0.393 e. The lowest BCUT2D eigenvalue weighted by Gasteiger charge is -2.18. The molecule has 5 heteroatoms. The molecule has 0 saturated carbocycles. The molecule has 22 heavy (non-hydrogen) atoms.